The van der Waals surface area contributed by atoms with Gasteiger partial charge in [-0.15, -0.1) is 0 Å². The quantitative estimate of drug-likeness (QED) is 0.223. The first kappa shape index (κ1) is 24.5. The minimum Gasteiger partial charge on any atom is -0.508 e. The SMILES string of the molecule is CC(C)c1ccc2c(Nc3cc(OCc4cccc(F)c4)ccc3Sc3ccc(O)cc3)ncnc2n1. The molecule has 3 aromatic carbocycles. The van der Waals surface area contributed by atoms with Crippen molar-refractivity contribution in [1.82, 2.24) is 15.0 Å². The Hall–Kier alpha value is -4.17. The van der Waals surface area contributed by atoms with E-state index in [1.807, 2.05) is 48.5 Å². The highest BCUT2D eigenvalue weighted by Gasteiger charge is 2.13. The molecule has 0 radical (unpaired) electrons. The van der Waals surface area contributed by atoms with E-state index in [0.29, 0.717) is 17.2 Å². The molecular formula is C29H25FN4O2S. The predicted octanol–water partition coefficient (Wildman–Crippen LogP) is 7.47. The maximum Gasteiger partial charge on any atom is 0.164 e. The van der Waals surface area contributed by atoms with E-state index >= 15 is 0 Å². The van der Waals surface area contributed by atoms with Crippen LogP contribution in [0, 0.1) is 5.82 Å². The van der Waals surface area contributed by atoms with Gasteiger partial charge in [0.2, 0.25) is 0 Å². The molecule has 0 fully saturated rings. The van der Waals surface area contributed by atoms with Gasteiger partial charge in [-0.3, -0.25) is 0 Å². The molecule has 8 heteroatoms. The van der Waals surface area contributed by atoms with E-state index in [1.165, 1.54) is 18.5 Å². The smallest absolute Gasteiger partial charge is 0.164 e. The van der Waals surface area contributed by atoms with Gasteiger partial charge in [-0.25, -0.2) is 19.3 Å². The Morgan fingerprint density at radius 3 is 2.59 bits per heavy atom. The lowest BCUT2D eigenvalue weighted by Crippen LogP contribution is -2.01. The number of nitrogens with one attached hydrogen (secondary N) is 1. The number of fused-ring (bicyclic) bond motifs is 1. The van der Waals surface area contributed by atoms with Crippen molar-refractivity contribution in [1.29, 1.82) is 0 Å². The number of pyridine rings is 1. The Morgan fingerprint density at radius 2 is 1.81 bits per heavy atom. The predicted molar refractivity (Wildman–Crippen MR) is 144 cm³/mol. The number of benzene rings is 3. The summed E-state index contributed by atoms with van der Waals surface area (Å²) in [6, 6.07) is 23.1. The van der Waals surface area contributed by atoms with E-state index in [1.54, 1.807) is 30.0 Å². The van der Waals surface area contributed by atoms with Gasteiger partial charge < -0.3 is 15.2 Å². The van der Waals surface area contributed by atoms with E-state index in [-0.39, 0.29) is 24.1 Å². The molecule has 0 saturated heterocycles. The first-order valence-corrected chi connectivity index (χ1v) is 12.6. The third-order valence-corrected chi connectivity index (χ3v) is 6.76. The number of hydrogen-bond acceptors (Lipinski definition) is 7. The molecule has 0 atom stereocenters. The van der Waals surface area contributed by atoms with Crippen LogP contribution < -0.4 is 10.1 Å². The summed E-state index contributed by atoms with van der Waals surface area (Å²) in [5, 5.41) is 13.9. The van der Waals surface area contributed by atoms with Crippen molar-refractivity contribution < 1.29 is 14.2 Å². The maximum absolute atomic E-state index is 13.6. The fourth-order valence-corrected chi connectivity index (χ4v) is 4.61. The monoisotopic (exact) mass is 512 g/mol. The third-order valence-electron chi connectivity index (χ3n) is 5.67. The van der Waals surface area contributed by atoms with Crippen LogP contribution in [-0.4, -0.2) is 20.1 Å². The number of ether oxygens (including phenoxy) is 1. The van der Waals surface area contributed by atoms with E-state index in [9.17, 15) is 9.50 Å². The van der Waals surface area contributed by atoms with Crippen LogP contribution in [0.3, 0.4) is 0 Å². The second kappa shape index (κ2) is 10.8. The van der Waals surface area contributed by atoms with Crippen LogP contribution in [0.4, 0.5) is 15.9 Å². The number of nitrogens with zero attached hydrogens (tertiary/aromatic N) is 3. The first-order valence-electron chi connectivity index (χ1n) is 11.8. The molecule has 0 amide bonds. The minimum atomic E-state index is -0.297. The summed E-state index contributed by atoms with van der Waals surface area (Å²) in [6.45, 7) is 4.42. The molecular weight excluding hydrogens is 487 g/mol. The first-order chi connectivity index (χ1) is 17.9. The lowest BCUT2D eigenvalue weighted by Gasteiger charge is -2.15. The molecule has 37 heavy (non-hydrogen) atoms. The molecule has 0 aliphatic rings. The van der Waals surface area contributed by atoms with E-state index in [2.05, 4.69) is 34.1 Å². The number of anilines is 2. The fraction of sp³-hybridized carbons (Fsp3) is 0.138. The van der Waals surface area contributed by atoms with Crippen LogP contribution in [-0.2, 0) is 6.61 Å². The summed E-state index contributed by atoms with van der Waals surface area (Å²) < 4.78 is 19.6. The largest absolute Gasteiger partial charge is 0.508 e. The molecule has 6 nitrogen and oxygen atoms in total. The average Bonchev–Trinajstić information content (AvgIpc) is 2.90. The highest BCUT2D eigenvalue weighted by molar-refractivity contribution is 7.99. The van der Waals surface area contributed by atoms with Gasteiger partial charge in [0.1, 0.15) is 36.1 Å². The highest BCUT2D eigenvalue weighted by atomic mass is 32.2. The fourth-order valence-electron chi connectivity index (χ4n) is 3.73. The van der Waals surface area contributed by atoms with Gasteiger partial charge in [-0.2, -0.15) is 0 Å². The number of aromatic hydroxyl groups is 1. The number of phenolic OH excluding ortho intramolecular Hbond substituents is 1. The van der Waals surface area contributed by atoms with Crippen LogP contribution in [0.25, 0.3) is 11.0 Å². The average molecular weight is 513 g/mol. The van der Waals surface area contributed by atoms with Crippen molar-refractivity contribution in [3.8, 4) is 11.5 Å². The van der Waals surface area contributed by atoms with Gasteiger partial charge in [-0.1, -0.05) is 37.7 Å². The number of halogens is 1. The Labute approximate surface area is 218 Å². The molecule has 0 saturated carbocycles. The van der Waals surface area contributed by atoms with E-state index in [0.717, 1.165) is 32.1 Å². The molecule has 0 aliphatic carbocycles. The Morgan fingerprint density at radius 1 is 0.973 bits per heavy atom. The van der Waals surface area contributed by atoms with Crippen LogP contribution in [0.1, 0.15) is 31.0 Å². The lowest BCUT2D eigenvalue weighted by molar-refractivity contribution is 0.305. The molecule has 0 bridgehead atoms. The van der Waals surface area contributed by atoms with Crippen molar-refractivity contribution in [2.45, 2.75) is 36.2 Å². The number of rotatable bonds is 8. The van der Waals surface area contributed by atoms with Gasteiger partial charge in [0.15, 0.2) is 5.65 Å². The molecule has 5 aromatic rings. The molecule has 2 heterocycles. The molecule has 0 unspecified atom stereocenters. The molecule has 2 N–H and O–H groups in total. The second-order valence-corrected chi connectivity index (χ2v) is 9.90. The summed E-state index contributed by atoms with van der Waals surface area (Å²) in [5.41, 5.74) is 3.11. The van der Waals surface area contributed by atoms with Crippen molar-refractivity contribution in [3.63, 3.8) is 0 Å². The summed E-state index contributed by atoms with van der Waals surface area (Å²) in [6.07, 6.45) is 1.50. The number of aromatic nitrogens is 3. The van der Waals surface area contributed by atoms with Crippen molar-refractivity contribution in [2.75, 3.05) is 5.32 Å². The summed E-state index contributed by atoms with van der Waals surface area (Å²) in [7, 11) is 0. The van der Waals surface area contributed by atoms with E-state index < -0.39 is 0 Å². The zero-order chi connectivity index (χ0) is 25.8. The standard InChI is InChI=1S/C29H25FN4O2S/c1-18(2)25-12-11-24-28(33-25)31-17-32-29(24)34-26-15-22(36-16-19-4-3-5-20(30)14-19)8-13-27(26)37-23-9-6-21(35)7-10-23/h3-15,17-18,35H,16H2,1-2H3,(H,31,32,33,34). The second-order valence-electron chi connectivity index (χ2n) is 8.78. The Kier molecular flexibility index (Phi) is 7.18. The molecule has 0 aliphatic heterocycles. The van der Waals surface area contributed by atoms with Crippen LogP contribution in [0.15, 0.2) is 95.0 Å². The van der Waals surface area contributed by atoms with Crippen LogP contribution in [0.5, 0.6) is 11.5 Å². The third kappa shape index (κ3) is 5.98. The number of hydrogen-bond donors (Lipinski definition) is 2. The Balaban J connectivity index is 1.48. The van der Waals surface area contributed by atoms with Crippen molar-refractivity contribution in [2.24, 2.45) is 0 Å². The maximum atomic E-state index is 13.6. The van der Waals surface area contributed by atoms with Crippen molar-refractivity contribution >= 4 is 34.3 Å². The molecule has 186 valence electrons. The van der Waals surface area contributed by atoms with E-state index in [4.69, 9.17) is 4.74 Å². The molecule has 0 spiro atoms. The molecule has 5 rings (SSSR count). The number of phenols is 1. The van der Waals surface area contributed by atoms with Gasteiger partial charge in [-0.05, 0) is 72.1 Å². The normalized spacial score (nSPS) is 11.1. The zero-order valence-electron chi connectivity index (χ0n) is 20.4. The minimum absolute atomic E-state index is 0.213. The zero-order valence-corrected chi connectivity index (χ0v) is 21.2. The summed E-state index contributed by atoms with van der Waals surface area (Å²) in [4.78, 5) is 15.4. The Bertz CT molecular complexity index is 1540. The van der Waals surface area contributed by atoms with Crippen molar-refractivity contribution in [3.05, 3.63) is 102 Å². The van der Waals surface area contributed by atoms with Crippen LogP contribution in [0.2, 0.25) is 0 Å². The highest BCUT2D eigenvalue weighted by Crippen LogP contribution is 2.38. The van der Waals surface area contributed by atoms with Gasteiger partial charge >= 0.3 is 0 Å². The van der Waals surface area contributed by atoms with Gasteiger partial charge in [0.25, 0.3) is 0 Å². The molecule has 2 aromatic heterocycles. The summed E-state index contributed by atoms with van der Waals surface area (Å²) >= 11 is 1.54. The summed E-state index contributed by atoms with van der Waals surface area (Å²) in [5.74, 6) is 1.46. The topological polar surface area (TPSA) is 80.2 Å². The lowest BCUT2D eigenvalue weighted by atomic mass is 10.1. The van der Waals surface area contributed by atoms with Crippen LogP contribution >= 0.6 is 11.8 Å². The van der Waals surface area contributed by atoms with Gasteiger partial charge in [0.05, 0.1) is 11.1 Å². The van der Waals surface area contributed by atoms with Gasteiger partial charge in [0, 0.05) is 21.6 Å².